The van der Waals surface area contributed by atoms with E-state index in [2.05, 4.69) is 20.1 Å². The van der Waals surface area contributed by atoms with Gasteiger partial charge >= 0.3 is 0 Å². The SMILES string of the molecule is O=C([C@H](NCc1nnc2n1CCCC2)c1ccccc1)N1CCCC1. The third kappa shape index (κ3) is 3.44. The fraction of sp³-hybridized carbons (Fsp3) is 0.526. The number of nitrogens with one attached hydrogen (secondary N) is 1. The van der Waals surface area contributed by atoms with Crippen LogP contribution < -0.4 is 5.32 Å². The molecule has 0 saturated carbocycles. The minimum atomic E-state index is -0.323. The maximum absolute atomic E-state index is 13.0. The number of hydrogen-bond acceptors (Lipinski definition) is 4. The van der Waals surface area contributed by atoms with Crippen molar-refractivity contribution in [2.45, 2.75) is 51.2 Å². The fourth-order valence-electron chi connectivity index (χ4n) is 3.81. The molecule has 3 heterocycles. The third-order valence-corrected chi connectivity index (χ3v) is 5.20. The molecule has 1 N–H and O–H groups in total. The van der Waals surface area contributed by atoms with Crippen molar-refractivity contribution in [1.82, 2.24) is 25.0 Å². The topological polar surface area (TPSA) is 63.1 Å². The summed E-state index contributed by atoms with van der Waals surface area (Å²) < 4.78 is 2.21. The number of carbonyl (C=O) groups excluding carboxylic acids is 1. The summed E-state index contributed by atoms with van der Waals surface area (Å²) in [5.74, 6) is 2.18. The number of amides is 1. The van der Waals surface area contributed by atoms with Crippen LogP contribution in [0.2, 0.25) is 0 Å². The molecule has 0 unspecified atom stereocenters. The second kappa shape index (κ2) is 7.35. The Morgan fingerprint density at radius 1 is 1.04 bits per heavy atom. The number of aryl methyl sites for hydroxylation is 1. The zero-order valence-electron chi connectivity index (χ0n) is 14.5. The van der Waals surface area contributed by atoms with Gasteiger partial charge < -0.3 is 9.47 Å². The van der Waals surface area contributed by atoms with E-state index in [1.54, 1.807) is 0 Å². The fourth-order valence-corrected chi connectivity index (χ4v) is 3.81. The van der Waals surface area contributed by atoms with Gasteiger partial charge in [0.15, 0.2) is 0 Å². The summed E-state index contributed by atoms with van der Waals surface area (Å²) in [6.07, 6.45) is 5.57. The Labute approximate surface area is 148 Å². The molecule has 1 fully saturated rings. The highest BCUT2D eigenvalue weighted by molar-refractivity contribution is 5.83. The summed E-state index contributed by atoms with van der Waals surface area (Å²) in [6, 6.07) is 9.67. The van der Waals surface area contributed by atoms with Crippen molar-refractivity contribution in [1.29, 1.82) is 0 Å². The van der Waals surface area contributed by atoms with E-state index >= 15 is 0 Å². The average molecular weight is 339 g/mol. The molecule has 4 rings (SSSR count). The number of fused-ring (bicyclic) bond motifs is 1. The lowest BCUT2D eigenvalue weighted by molar-refractivity contribution is -0.132. The summed E-state index contributed by atoms with van der Waals surface area (Å²) >= 11 is 0. The van der Waals surface area contributed by atoms with Gasteiger partial charge in [-0.1, -0.05) is 30.3 Å². The summed E-state index contributed by atoms with van der Waals surface area (Å²) in [6.45, 7) is 3.27. The first-order valence-corrected chi connectivity index (χ1v) is 9.31. The molecule has 2 aliphatic rings. The summed E-state index contributed by atoms with van der Waals surface area (Å²) in [5, 5.41) is 12.1. The summed E-state index contributed by atoms with van der Waals surface area (Å²) in [4.78, 5) is 15.0. The number of benzene rings is 1. The van der Waals surface area contributed by atoms with Crippen LogP contribution in [0, 0.1) is 0 Å². The maximum Gasteiger partial charge on any atom is 0.244 e. The second-order valence-corrected chi connectivity index (χ2v) is 6.90. The number of likely N-dealkylation sites (tertiary alicyclic amines) is 1. The Bertz CT molecular complexity index is 721. The van der Waals surface area contributed by atoms with Crippen molar-refractivity contribution in [3.05, 3.63) is 47.5 Å². The van der Waals surface area contributed by atoms with Gasteiger partial charge in [-0.05, 0) is 31.2 Å². The van der Waals surface area contributed by atoms with Crippen LogP contribution in [-0.4, -0.2) is 38.7 Å². The van der Waals surface area contributed by atoms with Crippen LogP contribution in [0.15, 0.2) is 30.3 Å². The molecule has 1 saturated heterocycles. The maximum atomic E-state index is 13.0. The molecule has 0 radical (unpaired) electrons. The molecule has 0 spiro atoms. The van der Waals surface area contributed by atoms with E-state index in [1.165, 1.54) is 12.8 Å². The molecule has 0 aliphatic carbocycles. The Morgan fingerprint density at radius 3 is 2.60 bits per heavy atom. The quantitative estimate of drug-likeness (QED) is 0.906. The highest BCUT2D eigenvalue weighted by Gasteiger charge is 2.28. The van der Waals surface area contributed by atoms with Gasteiger partial charge in [-0.15, -0.1) is 10.2 Å². The molecule has 1 atom stereocenters. The molecular formula is C19H25N5O. The first-order chi connectivity index (χ1) is 12.3. The lowest BCUT2D eigenvalue weighted by Crippen LogP contribution is -2.39. The molecule has 132 valence electrons. The Morgan fingerprint density at radius 2 is 1.80 bits per heavy atom. The van der Waals surface area contributed by atoms with Gasteiger partial charge in [0.25, 0.3) is 0 Å². The molecule has 1 amide bonds. The zero-order valence-corrected chi connectivity index (χ0v) is 14.5. The van der Waals surface area contributed by atoms with Crippen LogP contribution >= 0.6 is 0 Å². The Hall–Kier alpha value is -2.21. The van der Waals surface area contributed by atoms with Crippen molar-refractivity contribution in [2.24, 2.45) is 0 Å². The molecule has 0 bridgehead atoms. The van der Waals surface area contributed by atoms with E-state index in [4.69, 9.17) is 0 Å². The predicted octanol–water partition coefficient (Wildman–Crippen LogP) is 2.07. The summed E-state index contributed by atoms with van der Waals surface area (Å²) in [7, 11) is 0. The van der Waals surface area contributed by atoms with Crippen LogP contribution in [0.1, 0.15) is 48.9 Å². The van der Waals surface area contributed by atoms with E-state index in [-0.39, 0.29) is 11.9 Å². The largest absolute Gasteiger partial charge is 0.341 e. The lowest BCUT2D eigenvalue weighted by atomic mass is 10.1. The van der Waals surface area contributed by atoms with Crippen LogP contribution in [0.3, 0.4) is 0 Å². The second-order valence-electron chi connectivity index (χ2n) is 6.90. The molecule has 6 nitrogen and oxygen atoms in total. The van der Waals surface area contributed by atoms with E-state index in [1.807, 2.05) is 35.2 Å². The van der Waals surface area contributed by atoms with E-state index in [9.17, 15) is 4.79 Å². The smallest absolute Gasteiger partial charge is 0.244 e. The highest BCUT2D eigenvalue weighted by atomic mass is 16.2. The third-order valence-electron chi connectivity index (χ3n) is 5.20. The van der Waals surface area contributed by atoms with Crippen molar-refractivity contribution in [3.8, 4) is 0 Å². The van der Waals surface area contributed by atoms with Crippen molar-refractivity contribution < 1.29 is 4.79 Å². The molecular weight excluding hydrogens is 314 g/mol. The zero-order chi connectivity index (χ0) is 17.1. The minimum Gasteiger partial charge on any atom is -0.341 e. The van der Waals surface area contributed by atoms with Crippen LogP contribution in [-0.2, 0) is 24.3 Å². The Balaban J connectivity index is 1.52. The van der Waals surface area contributed by atoms with Gasteiger partial charge in [0.2, 0.25) is 5.91 Å². The van der Waals surface area contributed by atoms with Gasteiger partial charge in [0.05, 0.1) is 6.54 Å². The van der Waals surface area contributed by atoms with Gasteiger partial charge in [0, 0.05) is 26.1 Å². The molecule has 25 heavy (non-hydrogen) atoms. The minimum absolute atomic E-state index is 0.169. The number of carbonyl (C=O) groups is 1. The summed E-state index contributed by atoms with van der Waals surface area (Å²) in [5.41, 5.74) is 1.01. The molecule has 2 aromatic rings. The van der Waals surface area contributed by atoms with E-state index in [0.717, 1.165) is 56.1 Å². The van der Waals surface area contributed by atoms with Gasteiger partial charge in [0.1, 0.15) is 17.7 Å². The normalized spacial score (nSPS) is 18.2. The molecule has 1 aromatic heterocycles. The molecule has 1 aromatic carbocycles. The van der Waals surface area contributed by atoms with Gasteiger partial charge in [-0.3, -0.25) is 10.1 Å². The predicted molar refractivity (Wildman–Crippen MR) is 94.8 cm³/mol. The van der Waals surface area contributed by atoms with Gasteiger partial charge in [-0.2, -0.15) is 0 Å². The first kappa shape index (κ1) is 16.3. The monoisotopic (exact) mass is 339 g/mol. The van der Waals surface area contributed by atoms with Crippen molar-refractivity contribution in [3.63, 3.8) is 0 Å². The number of nitrogens with zero attached hydrogens (tertiary/aromatic N) is 4. The standard InChI is InChI=1S/C19H25N5O/c25-19(23-11-6-7-12-23)18(15-8-2-1-3-9-15)20-14-17-22-21-16-10-4-5-13-24(16)17/h1-3,8-9,18,20H,4-7,10-14H2/t18-/m1/s1. The van der Waals surface area contributed by atoms with Crippen molar-refractivity contribution >= 4 is 5.91 Å². The van der Waals surface area contributed by atoms with Gasteiger partial charge in [-0.25, -0.2) is 0 Å². The number of aromatic nitrogens is 3. The van der Waals surface area contributed by atoms with E-state index in [0.29, 0.717) is 6.54 Å². The number of hydrogen-bond donors (Lipinski definition) is 1. The lowest BCUT2D eigenvalue weighted by Gasteiger charge is -2.24. The van der Waals surface area contributed by atoms with Crippen LogP contribution in [0.25, 0.3) is 0 Å². The van der Waals surface area contributed by atoms with Crippen molar-refractivity contribution in [2.75, 3.05) is 13.1 Å². The highest BCUT2D eigenvalue weighted by Crippen LogP contribution is 2.20. The average Bonchev–Trinajstić information content (AvgIpc) is 3.33. The van der Waals surface area contributed by atoms with Crippen LogP contribution in [0.5, 0.6) is 0 Å². The first-order valence-electron chi connectivity index (χ1n) is 9.31. The number of rotatable bonds is 5. The van der Waals surface area contributed by atoms with E-state index < -0.39 is 0 Å². The Kier molecular flexibility index (Phi) is 4.78. The molecule has 2 aliphatic heterocycles. The molecule has 6 heteroatoms. The van der Waals surface area contributed by atoms with Crippen LogP contribution in [0.4, 0.5) is 0 Å².